The topological polar surface area (TPSA) is 40.5 Å². The molecule has 0 aromatic heterocycles. The first kappa shape index (κ1) is 22.8. The van der Waals surface area contributed by atoms with Crippen LogP contribution >= 0.6 is 7.92 Å². The monoisotopic (exact) mass is 400 g/mol. The Morgan fingerprint density at radius 3 is 1.46 bits per heavy atom. The maximum Gasteiger partial charge on any atom is 0.126 e. The van der Waals surface area contributed by atoms with E-state index in [9.17, 15) is 10.2 Å². The fourth-order valence-corrected chi connectivity index (χ4v) is 6.64. The average Bonchev–Trinajstić information content (AvgIpc) is 2.64. The van der Waals surface area contributed by atoms with Gasteiger partial charge >= 0.3 is 0 Å². The summed E-state index contributed by atoms with van der Waals surface area (Å²) >= 11 is 0. The first-order chi connectivity index (χ1) is 13.3. The highest BCUT2D eigenvalue weighted by Crippen LogP contribution is 2.46. The summed E-state index contributed by atoms with van der Waals surface area (Å²) in [5.41, 5.74) is 4.79. The Hall–Kier alpha value is -1.53. The Kier molecular flexibility index (Phi) is 8.38. The summed E-state index contributed by atoms with van der Waals surface area (Å²) < 4.78 is 0. The van der Waals surface area contributed by atoms with E-state index >= 15 is 0 Å². The Morgan fingerprint density at radius 2 is 1.14 bits per heavy atom. The van der Waals surface area contributed by atoms with Crippen LogP contribution in [-0.2, 0) is 12.8 Å². The van der Waals surface area contributed by atoms with E-state index < -0.39 is 7.92 Å². The molecule has 0 atom stereocenters. The minimum absolute atomic E-state index is 0.327. The summed E-state index contributed by atoms with van der Waals surface area (Å²) in [4.78, 5) is 0. The summed E-state index contributed by atoms with van der Waals surface area (Å²) in [6, 6.07) is 8.49. The van der Waals surface area contributed by atoms with Crippen molar-refractivity contribution < 1.29 is 10.2 Å². The third-order valence-corrected chi connectivity index (χ3v) is 8.01. The van der Waals surface area contributed by atoms with Crippen LogP contribution in [0.5, 0.6) is 11.5 Å². The Bertz CT molecular complexity index is 732. The maximum absolute atomic E-state index is 11.1. The van der Waals surface area contributed by atoms with Gasteiger partial charge in [0.15, 0.2) is 0 Å². The highest BCUT2D eigenvalue weighted by molar-refractivity contribution is 7.74. The lowest BCUT2D eigenvalue weighted by Gasteiger charge is -2.27. The fraction of sp³-hybridized carbons (Fsp3) is 0.520. The van der Waals surface area contributed by atoms with Gasteiger partial charge in [-0.2, -0.15) is 0 Å². The van der Waals surface area contributed by atoms with Crippen molar-refractivity contribution in [2.45, 2.75) is 85.7 Å². The van der Waals surface area contributed by atoms with E-state index in [1.807, 2.05) is 0 Å². The summed E-state index contributed by atoms with van der Waals surface area (Å²) in [5.74, 6) is 0.879. The van der Waals surface area contributed by atoms with Gasteiger partial charge in [-0.3, -0.25) is 0 Å². The van der Waals surface area contributed by atoms with Gasteiger partial charge in [-0.05, 0) is 87.5 Å². The highest BCUT2D eigenvalue weighted by Gasteiger charge is 2.26. The Labute approximate surface area is 172 Å². The minimum atomic E-state index is -0.846. The number of aryl methyl sites for hydroxylation is 4. The van der Waals surface area contributed by atoms with Crippen LogP contribution in [0.25, 0.3) is 0 Å². The van der Waals surface area contributed by atoms with E-state index in [4.69, 9.17) is 0 Å². The van der Waals surface area contributed by atoms with Crippen LogP contribution in [0.15, 0.2) is 24.3 Å². The van der Waals surface area contributed by atoms with E-state index in [1.165, 1.54) is 11.1 Å². The molecule has 0 heterocycles. The Balaban J connectivity index is 2.61. The molecule has 0 aliphatic carbocycles. The van der Waals surface area contributed by atoms with Crippen molar-refractivity contribution in [3.05, 3.63) is 46.5 Å². The molecule has 2 aromatic rings. The summed E-state index contributed by atoms with van der Waals surface area (Å²) in [7, 11) is -0.846. The molecule has 0 fully saturated rings. The first-order valence-corrected chi connectivity index (χ1v) is 12.1. The van der Waals surface area contributed by atoms with Crippen LogP contribution in [0, 0.1) is 13.8 Å². The van der Waals surface area contributed by atoms with Crippen LogP contribution in [0.4, 0.5) is 0 Å². The van der Waals surface area contributed by atoms with Crippen LogP contribution in [0.3, 0.4) is 0 Å². The summed E-state index contributed by atoms with van der Waals surface area (Å²) in [6.45, 7) is 13.0. The first-order valence-electron chi connectivity index (χ1n) is 10.7. The van der Waals surface area contributed by atoms with E-state index in [0.29, 0.717) is 17.2 Å². The molecule has 0 aliphatic heterocycles. The van der Waals surface area contributed by atoms with E-state index in [0.717, 1.165) is 60.3 Å². The lowest BCUT2D eigenvalue weighted by Crippen LogP contribution is -2.21. The quantitative estimate of drug-likeness (QED) is 0.489. The van der Waals surface area contributed by atoms with Crippen molar-refractivity contribution in [1.82, 2.24) is 0 Å². The number of unbranched alkanes of at least 4 members (excludes halogenated alkanes) is 2. The van der Waals surface area contributed by atoms with Gasteiger partial charge in [0, 0.05) is 10.6 Å². The van der Waals surface area contributed by atoms with E-state index in [-0.39, 0.29) is 0 Å². The van der Waals surface area contributed by atoms with Gasteiger partial charge in [-0.15, -0.1) is 0 Å². The van der Waals surface area contributed by atoms with Gasteiger partial charge in [0.1, 0.15) is 11.5 Å². The minimum Gasteiger partial charge on any atom is -0.507 e. The molecular weight excluding hydrogens is 363 g/mol. The van der Waals surface area contributed by atoms with Crippen LogP contribution in [0.1, 0.15) is 75.6 Å². The van der Waals surface area contributed by atoms with Crippen molar-refractivity contribution in [2.24, 2.45) is 0 Å². The number of aromatic hydroxyl groups is 2. The van der Waals surface area contributed by atoms with Crippen molar-refractivity contribution in [3.63, 3.8) is 0 Å². The van der Waals surface area contributed by atoms with Crippen molar-refractivity contribution in [3.8, 4) is 11.5 Å². The number of rotatable bonds is 9. The number of phenolic OH excluding ortho intramolecular Hbond substituents is 2. The Morgan fingerprint density at radius 1 is 0.750 bits per heavy atom. The average molecular weight is 401 g/mol. The van der Waals surface area contributed by atoms with E-state index in [1.54, 1.807) is 0 Å². The molecule has 0 radical (unpaired) electrons. The standard InChI is InChI=1S/C25H37O2P/c1-7-9-11-20-13-18(5)15-22(24(20)26)28(17(3)4)23-16-19(6)14-21(25(23)27)12-10-8-2/h13-17,26-27H,7-12H2,1-6H3. The predicted octanol–water partition coefficient (Wildman–Crippen LogP) is 6.24. The number of phenols is 2. The molecule has 0 spiro atoms. The normalized spacial score (nSPS) is 11.6. The second kappa shape index (κ2) is 10.3. The van der Waals surface area contributed by atoms with Gasteiger partial charge in [0.05, 0.1) is 0 Å². The molecule has 0 unspecified atom stereocenters. The third-order valence-electron chi connectivity index (χ3n) is 5.26. The largest absolute Gasteiger partial charge is 0.507 e. The SMILES string of the molecule is CCCCc1cc(C)cc(P(c2cc(C)cc(CCCC)c2O)C(C)C)c1O. The van der Waals surface area contributed by atoms with Crippen molar-refractivity contribution in [2.75, 3.05) is 0 Å². The molecular formula is C25H37O2P. The molecule has 2 N–H and O–H groups in total. The van der Waals surface area contributed by atoms with Crippen LogP contribution in [0.2, 0.25) is 0 Å². The number of benzene rings is 2. The maximum atomic E-state index is 11.1. The molecule has 28 heavy (non-hydrogen) atoms. The van der Waals surface area contributed by atoms with Crippen molar-refractivity contribution >= 4 is 18.5 Å². The van der Waals surface area contributed by atoms with Gasteiger partial charge in [0.25, 0.3) is 0 Å². The molecule has 0 bridgehead atoms. The van der Waals surface area contributed by atoms with Gasteiger partial charge in [-0.1, -0.05) is 52.7 Å². The summed E-state index contributed by atoms with van der Waals surface area (Å²) in [6.07, 6.45) is 6.18. The number of hydrogen-bond acceptors (Lipinski definition) is 2. The molecule has 2 nitrogen and oxygen atoms in total. The van der Waals surface area contributed by atoms with Crippen LogP contribution in [-0.4, -0.2) is 15.9 Å². The number of hydrogen-bond donors (Lipinski definition) is 2. The molecule has 2 aromatic carbocycles. The lowest BCUT2D eigenvalue weighted by atomic mass is 10.0. The molecule has 0 saturated carbocycles. The zero-order valence-corrected chi connectivity index (χ0v) is 19.4. The molecule has 2 rings (SSSR count). The molecule has 0 amide bonds. The van der Waals surface area contributed by atoms with Crippen LogP contribution < -0.4 is 10.6 Å². The second-order valence-corrected chi connectivity index (χ2v) is 11.0. The smallest absolute Gasteiger partial charge is 0.126 e. The van der Waals surface area contributed by atoms with Gasteiger partial charge in [-0.25, -0.2) is 0 Å². The van der Waals surface area contributed by atoms with E-state index in [2.05, 4.69) is 65.8 Å². The molecule has 0 saturated heterocycles. The predicted molar refractivity (Wildman–Crippen MR) is 124 cm³/mol. The summed E-state index contributed by atoms with van der Waals surface area (Å²) in [5, 5.41) is 24.3. The molecule has 0 aliphatic rings. The van der Waals surface area contributed by atoms with Crippen molar-refractivity contribution in [1.29, 1.82) is 0 Å². The highest BCUT2D eigenvalue weighted by atomic mass is 31.1. The third kappa shape index (κ3) is 5.29. The zero-order valence-electron chi connectivity index (χ0n) is 18.5. The van der Waals surface area contributed by atoms with Gasteiger partial charge < -0.3 is 10.2 Å². The fourth-order valence-electron chi connectivity index (χ4n) is 3.84. The lowest BCUT2D eigenvalue weighted by molar-refractivity contribution is 0.470. The van der Waals surface area contributed by atoms with Gasteiger partial charge in [0.2, 0.25) is 0 Å². The zero-order chi connectivity index (χ0) is 20.8. The second-order valence-electron chi connectivity index (χ2n) is 8.25. The molecule has 154 valence electrons. The molecule has 3 heteroatoms.